The Bertz CT molecular complexity index is 2190. The van der Waals surface area contributed by atoms with Crippen LogP contribution in [0.15, 0.2) is 97.1 Å². The third-order valence-electron chi connectivity index (χ3n) is 9.81. The minimum absolute atomic E-state index is 0.0254. The number of phosphoric acid groups is 1. The standard InChI is InChI=1S/C39H36N3O8P/c1-25-19-26-9-5-6-10-27(26)23-41(25)38(43)32-22-37-36(48-24-49-37)21-31(32)35-20-33(34-13-7-8-18-40(34)35)39(44)42(28-11-3-2-4-12-28)29-14-16-30(17-15-29)50-51(45,46)47/h2-6,9-12,14-17,20-22,25H,7-8,13,18-19,23-24H2,1H3,(H2,45,46,47)/t25-/m1/s1. The van der Waals surface area contributed by atoms with Crippen LogP contribution >= 0.6 is 7.82 Å². The summed E-state index contributed by atoms with van der Waals surface area (Å²) in [5, 5.41) is 0. The highest BCUT2D eigenvalue weighted by atomic mass is 31.2. The number of amides is 2. The first-order chi connectivity index (χ1) is 24.6. The van der Waals surface area contributed by atoms with Crippen LogP contribution in [0.3, 0.4) is 0 Å². The molecule has 0 radical (unpaired) electrons. The smallest absolute Gasteiger partial charge is 0.454 e. The molecule has 1 atom stereocenters. The Kier molecular flexibility index (Phi) is 8.42. The average Bonchev–Trinajstić information content (AvgIpc) is 3.76. The minimum atomic E-state index is -4.76. The van der Waals surface area contributed by atoms with E-state index in [1.165, 1.54) is 17.7 Å². The number of para-hydroxylation sites is 1. The molecule has 260 valence electrons. The van der Waals surface area contributed by atoms with E-state index >= 15 is 0 Å². The maximum absolute atomic E-state index is 14.8. The molecule has 1 aromatic heterocycles. The van der Waals surface area contributed by atoms with Crippen LogP contribution in [0.1, 0.15) is 57.3 Å². The van der Waals surface area contributed by atoms with Gasteiger partial charge in [0.1, 0.15) is 5.75 Å². The van der Waals surface area contributed by atoms with Crippen molar-refractivity contribution in [3.63, 3.8) is 0 Å². The van der Waals surface area contributed by atoms with Gasteiger partial charge in [-0.05, 0) is 98.3 Å². The van der Waals surface area contributed by atoms with Crippen LogP contribution in [-0.4, -0.2) is 43.9 Å². The van der Waals surface area contributed by atoms with Crippen molar-refractivity contribution in [2.45, 2.75) is 51.7 Å². The van der Waals surface area contributed by atoms with Gasteiger partial charge in [-0.3, -0.25) is 24.3 Å². The van der Waals surface area contributed by atoms with Crippen LogP contribution in [-0.2, 0) is 30.5 Å². The van der Waals surface area contributed by atoms with E-state index in [0.29, 0.717) is 59.1 Å². The lowest BCUT2D eigenvalue weighted by atomic mass is 9.93. The highest BCUT2D eigenvalue weighted by Crippen LogP contribution is 2.43. The number of anilines is 2. The second-order valence-electron chi connectivity index (χ2n) is 13.1. The van der Waals surface area contributed by atoms with Crippen molar-refractivity contribution >= 4 is 31.0 Å². The largest absolute Gasteiger partial charge is 0.524 e. The zero-order valence-electron chi connectivity index (χ0n) is 27.9. The number of rotatable bonds is 7. The number of hydrogen-bond acceptors (Lipinski definition) is 6. The maximum Gasteiger partial charge on any atom is 0.524 e. The molecule has 0 bridgehead atoms. The summed E-state index contributed by atoms with van der Waals surface area (Å²) >= 11 is 0. The number of carbonyl (C=O) groups excluding carboxylic acids is 2. The van der Waals surface area contributed by atoms with Crippen molar-refractivity contribution in [3.8, 4) is 28.5 Å². The molecule has 2 N–H and O–H groups in total. The first-order valence-electron chi connectivity index (χ1n) is 16.9. The van der Waals surface area contributed by atoms with Crippen molar-refractivity contribution in [2.75, 3.05) is 11.7 Å². The topological polar surface area (TPSA) is 131 Å². The fourth-order valence-electron chi connectivity index (χ4n) is 7.40. The van der Waals surface area contributed by atoms with E-state index in [2.05, 4.69) is 23.6 Å². The number of phosphoric ester groups is 1. The summed E-state index contributed by atoms with van der Waals surface area (Å²) in [6.45, 7) is 3.29. The lowest BCUT2D eigenvalue weighted by molar-refractivity contribution is 0.0658. The zero-order chi connectivity index (χ0) is 35.3. The van der Waals surface area contributed by atoms with Gasteiger partial charge in [-0.2, -0.15) is 0 Å². The molecule has 0 aliphatic carbocycles. The molecular formula is C39H36N3O8P. The lowest BCUT2D eigenvalue weighted by Crippen LogP contribution is -2.42. The molecule has 8 rings (SSSR count). The van der Waals surface area contributed by atoms with Crippen molar-refractivity contribution in [3.05, 3.63) is 125 Å². The van der Waals surface area contributed by atoms with Crippen LogP contribution in [0.4, 0.5) is 11.4 Å². The van der Waals surface area contributed by atoms with Gasteiger partial charge in [-0.25, -0.2) is 4.57 Å². The fraction of sp³-hybridized carbons (Fsp3) is 0.231. The van der Waals surface area contributed by atoms with Gasteiger partial charge in [0.2, 0.25) is 6.79 Å². The van der Waals surface area contributed by atoms with Gasteiger partial charge in [0.05, 0.1) is 11.1 Å². The zero-order valence-corrected chi connectivity index (χ0v) is 28.8. The van der Waals surface area contributed by atoms with Gasteiger partial charge in [-0.15, -0.1) is 0 Å². The molecule has 51 heavy (non-hydrogen) atoms. The molecule has 11 nitrogen and oxygen atoms in total. The van der Waals surface area contributed by atoms with Gasteiger partial charge in [0.15, 0.2) is 11.5 Å². The highest BCUT2D eigenvalue weighted by Gasteiger charge is 2.34. The summed E-state index contributed by atoms with van der Waals surface area (Å²) in [5.74, 6) is 0.629. The predicted molar refractivity (Wildman–Crippen MR) is 190 cm³/mol. The van der Waals surface area contributed by atoms with E-state index in [1.54, 1.807) is 23.1 Å². The Balaban J connectivity index is 1.23. The minimum Gasteiger partial charge on any atom is -0.454 e. The summed E-state index contributed by atoms with van der Waals surface area (Å²) in [7, 11) is -4.76. The Hall–Kier alpha value is -5.35. The lowest BCUT2D eigenvalue weighted by Gasteiger charge is -2.35. The van der Waals surface area contributed by atoms with Gasteiger partial charge < -0.3 is 23.5 Å². The average molecular weight is 706 g/mol. The van der Waals surface area contributed by atoms with Gasteiger partial charge in [-0.1, -0.05) is 42.5 Å². The third-order valence-corrected chi connectivity index (χ3v) is 10.3. The fourth-order valence-corrected chi connectivity index (χ4v) is 7.79. The number of hydrogen-bond donors (Lipinski definition) is 2. The van der Waals surface area contributed by atoms with Crippen molar-refractivity contribution in [1.29, 1.82) is 0 Å². The number of aromatic nitrogens is 1. The second-order valence-corrected chi connectivity index (χ2v) is 14.2. The summed E-state index contributed by atoms with van der Waals surface area (Å²) in [4.78, 5) is 51.5. The molecule has 3 aliphatic rings. The molecule has 4 heterocycles. The molecule has 2 amide bonds. The Morgan fingerprint density at radius 3 is 2.27 bits per heavy atom. The number of nitrogens with zero attached hydrogens (tertiary/aromatic N) is 3. The normalized spacial score (nSPS) is 16.3. The van der Waals surface area contributed by atoms with Crippen LogP contribution < -0.4 is 18.9 Å². The molecule has 0 spiro atoms. The molecule has 0 saturated heterocycles. The Labute approximate surface area is 294 Å². The summed E-state index contributed by atoms with van der Waals surface area (Å²) < 4.78 is 29.9. The van der Waals surface area contributed by atoms with Gasteiger partial charge in [0, 0.05) is 47.5 Å². The first-order valence-corrected chi connectivity index (χ1v) is 18.5. The number of fused-ring (bicyclic) bond motifs is 3. The molecule has 12 heteroatoms. The SMILES string of the molecule is C[C@@H]1Cc2ccccc2CN1C(=O)c1cc2c(cc1-c1cc(C(=O)N(c3ccccc3)c3ccc(OP(=O)(O)O)cc3)c3n1CCCC3)OCO2. The Morgan fingerprint density at radius 1 is 0.843 bits per heavy atom. The van der Waals surface area contributed by atoms with Crippen molar-refractivity contribution < 1.29 is 37.9 Å². The van der Waals surface area contributed by atoms with Crippen LogP contribution in [0.25, 0.3) is 11.3 Å². The van der Waals surface area contributed by atoms with E-state index in [9.17, 15) is 23.9 Å². The van der Waals surface area contributed by atoms with Gasteiger partial charge >= 0.3 is 7.82 Å². The molecule has 5 aromatic rings. The summed E-state index contributed by atoms with van der Waals surface area (Å²) in [6.07, 6.45) is 3.25. The van der Waals surface area contributed by atoms with Crippen LogP contribution in [0, 0.1) is 0 Å². The summed E-state index contributed by atoms with van der Waals surface area (Å²) in [5.41, 5.74) is 6.75. The quantitative estimate of drug-likeness (QED) is 0.169. The number of ether oxygens (including phenoxy) is 2. The molecule has 3 aliphatic heterocycles. The van der Waals surface area contributed by atoms with E-state index in [4.69, 9.17) is 14.0 Å². The third kappa shape index (κ3) is 6.29. The molecule has 0 unspecified atom stereocenters. The van der Waals surface area contributed by atoms with Gasteiger partial charge in [0.25, 0.3) is 11.8 Å². The molecule has 0 fully saturated rings. The van der Waals surface area contributed by atoms with Crippen LogP contribution in [0.2, 0.25) is 0 Å². The number of benzene rings is 4. The van der Waals surface area contributed by atoms with Crippen LogP contribution in [0.5, 0.6) is 17.2 Å². The van der Waals surface area contributed by atoms with E-state index in [1.807, 2.05) is 59.5 Å². The predicted octanol–water partition coefficient (Wildman–Crippen LogP) is 7.26. The second kappa shape index (κ2) is 13.1. The van der Waals surface area contributed by atoms with Crippen molar-refractivity contribution in [1.82, 2.24) is 9.47 Å². The number of carbonyl (C=O) groups is 2. The maximum atomic E-state index is 14.8. The van der Waals surface area contributed by atoms with E-state index in [-0.39, 0.29) is 30.4 Å². The van der Waals surface area contributed by atoms with Crippen molar-refractivity contribution in [2.24, 2.45) is 0 Å². The van der Waals surface area contributed by atoms with E-state index < -0.39 is 7.82 Å². The highest BCUT2D eigenvalue weighted by molar-refractivity contribution is 7.46. The molecule has 4 aromatic carbocycles. The molecular weight excluding hydrogens is 669 g/mol. The first kappa shape index (κ1) is 32.8. The van der Waals surface area contributed by atoms with E-state index in [0.717, 1.165) is 36.2 Å². The summed E-state index contributed by atoms with van der Waals surface area (Å²) in [6, 6.07) is 28.9. The monoisotopic (exact) mass is 705 g/mol. The molecule has 0 saturated carbocycles. The Morgan fingerprint density at radius 2 is 1.53 bits per heavy atom.